The van der Waals surface area contributed by atoms with E-state index in [4.69, 9.17) is 35.9 Å². The Morgan fingerprint density at radius 3 is 2.67 bits per heavy atom. The van der Waals surface area contributed by atoms with Gasteiger partial charge in [-0.15, -0.1) is 0 Å². The van der Waals surface area contributed by atoms with Crippen molar-refractivity contribution in [3.05, 3.63) is 69.8 Å². The molecule has 1 atom stereocenters. The molecular formula is C30H31ClFN3O4. The standard InChI is InChI=1S/C30H31ClFN3O4/c1-16-20-11-8-12-38-26(20)23(32)14-21(16)25-24(27(29(36)37-6)39-30(3,4)5)17(2)34-28-22(15-33-35(25)28)18-9-7-10-19(31)13-18/h7,9-10,13-15,27H,8,11-12H2,1-6H3. The SMILES string of the molecule is COC(=O)C(OC(C)(C)C)c1c(C)nc2c(-c3cccc(Cl)c3)cnn2c1-c1cc(F)c2c(c1C)CCCO2. The smallest absolute Gasteiger partial charge is 0.339 e. The number of rotatable bonds is 5. The Balaban J connectivity index is 1.88. The maximum atomic E-state index is 15.5. The summed E-state index contributed by atoms with van der Waals surface area (Å²) >= 11 is 6.29. The molecule has 0 bridgehead atoms. The average molecular weight is 552 g/mol. The van der Waals surface area contributed by atoms with E-state index in [0.29, 0.717) is 46.2 Å². The van der Waals surface area contributed by atoms with Crippen LogP contribution in [0.15, 0.2) is 36.5 Å². The van der Waals surface area contributed by atoms with E-state index in [0.717, 1.165) is 28.7 Å². The summed E-state index contributed by atoms with van der Waals surface area (Å²) in [7, 11) is 1.31. The first-order chi connectivity index (χ1) is 18.5. The van der Waals surface area contributed by atoms with Gasteiger partial charge in [-0.05, 0) is 76.8 Å². The quantitative estimate of drug-likeness (QED) is 0.253. The molecule has 204 valence electrons. The number of carbonyl (C=O) groups excluding carboxylic acids is 1. The van der Waals surface area contributed by atoms with E-state index >= 15 is 4.39 Å². The van der Waals surface area contributed by atoms with Crippen LogP contribution in [0, 0.1) is 19.7 Å². The Kier molecular flexibility index (Phi) is 7.11. The fraction of sp³-hybridized carbons (Fsp3) is 0.367. The molecule has 0 spiro atoms. The minimum absolute atomic E-state index is 0.279. The number of fused-ring (bicyclic) bond motifs is 2. The molecule has 1 aliphatic rings. The summed E-state index contributed by atoms with van der Waals surface area (Å²) in [6.07, 6.45) is 2.04. The molecule has 1 aliphatic heterocycles. The molecule has 2 aromatic carbocycles. The average Bonchev–Trinajstić information content (AvgIpc) is 3.31. The lowest BCUT2D eigenvalue weighted by Gasteiger charge is -2.29. The monoisotopic (exact) mass is 551 g/mol. The molecule has 5 rings (SSSR count). The zero-order valence-electron chi connectivity index (χ0n) is 22.9. The first-order valence-electron chi connectivity index (χ1n) is 12.8. The van der Waals surface area contributed by atoms with Crippen LogP contribution in [0.25, 0.3) is 28.0 Å². The zero-order chi connectivity index (χ0) is 28.1. The van der Waals surface area contributed by atoms with Crippen LogP contribution in [0.3, 0.4) is 0 Å². The van der Waals surface area contributed by atoms with Gasteiger partial charge in [0, 0.05) is 33.0 Å². The van der Waals surface area contributed by atoms with Crippen molar-refractivity contribution in [2.24, 2.45) is 0 Å². The number of hydrogen-bond donors (Lipinski definition) is 0. The van der Waals surface area contributed by atoms with Crippen molar-refractivity contribution < 1.29 is 23.4 Å². The van der Waals surface area contributed by atoms with Crippen molar-refractivity contribution in [3.63, 3.8) is 0 Å². The maximum absolute atomic E-state index is 15.5. The Hall–Kier alpha value is -3.49. The molecule has 3 heterocycles. The fourth-order valence-electron chi connectivity index (χ4n) is 5.14. The van der Waals surface area contributed by atoms with Crippen molar-refractivity contribution in [1.29, 1.82) is 0 Å². The lowest BCUT2D eigenvalue weighted by molar-refractivity contribution is -0.164. The molecule has 4 aromatic rings. The van der Waals surface area contributed by atoms with Crippen molar-refractivity contribution in [2.45, 2.75) is 59.2 Å². The highest BCUT2D eigenvalue weighted by atomic mass is 35.5. The molecular weight excluding hydrogens is 521 g/mol. The second-order valence-electron chi connectivity index (χ2n) is 10.7. The van der Waals surface area contributed by atoms with E-state index in [-0.39, 0.29) is 5.75 Å². The normalized spacial score (nSPS) is 14.2. The molecule has 2 aromatic heterocycles. The zero-order valence-corrected chi connectivity index (χ0v) is 23.6. The first-order valence-corrected chi connectivity index (χ1v) is 13.2. The molecule has 0 radical (unpaired) electrons. The van der Waals surface area contributed by atoms with E-state index in [1.54, 1.807) is 16.8 Å². The minimum atomic E-state index is -1.13. The number of carbonyl (C=O) groups is 1. The highest BCUT2D eigenvalue weighted by molar-refractivity contribution is 6.30. The van der Waals surface area contributed by atoms with E-state index in [1.165, 1.54) is 13.2 Å². The van der Waals surface area contributed by atoms with Gasteiger partial charge in [-0.1, -0.05) is 23.7 Å². The molecule has 7 nitrogen and oxygen atoms in total. The topological polar surface area (TPSA) is 75.0 Å². The number of ether oxygens (including phenoxy) is 3. The predicted octanol–water partition coefficient (Wildman–Crippen LogP) is 6.83. The highest BCUT2D eigenvalue weighted by Gasteiger charge is 2.35. The molecule has 0 fully saturated rings. The summed E-state index contributed by atoms with van der Waals surface area (Å²) in [5.41, 5.74) is 5.17. The summed E-state index contributed by atoms with van der Waals surface area (Å²) in [5, 5.41) is 5.28. The van der Waals surface area contributed by atoms with Gasteiger partial charge in [0.25, 0.3) is 0 Å². The Morgan fingerprint density at radius 1 is 1.21 bits per heavy atom. The van der Waals surface area contributed by atoms with Crippen LogP contribution in [0.2, 0.25) is 5.02 Å². The van der Waals surface area contributed by atoms with E-state index in [1.807, 2.05) is 52.8 Å². The third kappa shape index (κ3) is 4.99. The molecule has 0 amide bonds. The van der Waals surface area contributed by atoms with Gasteiger partial charge in [0.15, 0.2) is 23.3 Å². The number of halogens is 2. The van der Waals surface area contributed by atoms with Crippen LogP contribution in [0.5, 0.6) is 5.75 Å². The van der Waals surface area contributed by atoms with Crippen molar-refractivity contribution in [3.8, 4) is 28.1 Å². The Bertz CT molecular complexity index is 1590. The number of nitrogens with zero attached hydrogens (tertiary/aromatic N) is 3. The Labute approximate surface area is 231 Å². The van der Waals surface area contributed by atoms with Gasteiger partial charge < -0.3 is 14.2 Å². The molecule has 0 saturated carbocycles. The van der Waals surface area contributed by atoms with Crippen LogP contribution >= 0.6 is 11.6 Å². The number of benzene rings is 2. The lowest BCUT2D eigenvalue weighted by Crippen LogP contribution is -2.30. The Morgan fingerprint density at radius 2 is 1.97 bits per heavy atom. The van der Waals surface area contributed by atoms with Crippen molar-refractivity contribution in [1.82, 2.24) is 14.6 Å². The summed E-state index contributed by atoms with van der Waals surface area (Å²) in [6.45, 7) is 9.79. The van der Waals surface area contributed by atoms with Crippen molar-refractivity contribution >= 4 is 23.2 Å². The molecule has 9 heteroatoms. The number of aryl methyl sites for hydroxylation is 1. The third-order valence-electron chi connectivity index (χ3n) is 6.85. The molecule has 0 saturated heterocycles. The van der Waals surface area contributed by atoms with Gasteiger partial charge in [-0.2, -0.15) is 5.10 Å². The van der Waals surface area contributed by atoms with Crippen LogP contribution < -0.4 is 4.74 Å². The number of aromatic nitrogens is 3. The van der Waals surface area contributed by atoms with Crippen LogP contribution in [-0.4, -0.2) is 39.9 Å². The van der Waals surface area contributed by atoms with Gasteiger partial charge in [0.05, 0.1) is 31.2 Å². The number of hydrogen-bond acceptors (Lipinski definition) is 6. The number of methoxy groups -OCH3 is 1. The fourth-order valence-corrected chi connectivity index (χ4v) is 5.33. The van der Waals surface area contributed by atoms with Gasteiger partial charge >= 0.3 is 5.97 Å². The van der Waals surface area contributed by atoms with Gasteiger partial charge in [0.1, 0.15) is 0 Å². The van der Waals surface area contributed by atoms with Crippen LogP contribution in [0.4, 0.5) is 4.39 Å². The van der Waals surface area contributed by atoms with E-state index in [2.05, 4.69) is 0 Å². The second-order valence-corrected chi connectivity index (χ2v) is 11.1. The van der Waals surface area contributed by atoms with E-state index in [9.17, 15) is 4.79 Å². The lowest BCUT2D eigenvalue weighted by atomic mass is 9.90. The van der Waals surface area contributed by atoms with Gasteiger partial charge in [0.2, 0.25) is 0 Å². The maximum Gasteiger partial charge on any atom is 0.339 e. The largest absolute Gasteiger partial charge is 0.490 e. The first kappa shape index (κ1) is 27.1. The third-order valence-corrected chi connectivity index (χ3v) is 7.09. The van der Waals surface area contributed by atoms with Gasteiger partial charge in [-0.25, -0.2) is 18.7 Å². The van der Waals surface area contributed by atoms with Crippen LogP contribution in [-0.2, 0) is 20.7 Å². The minimum Gasteiger partial charge on any atom is -0.490 e. The summed E-state index contributed by atoms with van der Waals surface area (Å²) < 4.78 is 34.3. The summed E-state index contributed by atoms with van der Waals surface area (Å²) in [6, 6.07) is 8.87. The van der Waals surface area contributed by atoms with Gasteiger partial charge in [-0.3, -0.25) is 0 Å². The van der Waals surface area contributed by atoms with Crippen LogP contribution in [0.1, 0.15) is 55.7 Å². The summed E-state index contributed by atoms with van der Waals surface area (Å²) in [4.78, 5) is 18.1. The highest BCUT2D eigenvalue weighted by Crippen LogP contribution is 2.42. The molecule has 1 unspecified atom stereocenters. The second kappa shape index (κ2) is 10.2. The molecule has 39 heavy (non-hydrogen) atoms. The summed E-state index contributed by atoms with van der Waals surface area (Å²) in [5.74, 6) is -0.772. The molecule has 0 aliphatic carbocycles. The molecule has 0 N–H and O–H groups in total. The predicted molar refractivity (Wildman–Crippen MR) is 148 cm³/mol. The number of esters is 1. The van der Waals surface area contributed by atoms with Crippen molar-refractivity contribution in [2.75, 3.05) is 13.7 Å². The van der Waals surface area contributed by atoms with E-state index < -0.39 is 23.5 Å².